The van der Waals surface area contributed by atoms with Gasteiger partial charge >= 0.3 is 0 Å². The number of nitrogens with one attached hydrogen (secondary N) is 3. The van der Waals surface area contributed by atoms with E-state index in [4.69, 9.17) is 11.6 Å². The second-order valence-corrected chi connectivity index (χ2v) is 6.50. The van der Waals surface area contributed by atoms with Crippen LogP contribution in [0.4, 0.5) is 23.0 Å². The fraction of sp³-hybridized carbons (Fsp3) is 0.100. The Kier molecular flexibility index (Phi) is 5.86. The summed E-state index contributed by atoms with van der Waals surface area (Å²) in [5.41, 5.74) is 2.88. The Balaban J connectivity index is 1.73. The van der Waals surface area contributed by atoms with Crippen LogP contribution in [0.5, 0.6) is 0 Å². The van der Waals surface area contributed by atoms with Crippen LogP contribution < -0.4 is 16.0 Å². The Hall–Kier alpha value is -3.45. The first-order valence-electron chi connectivity index (χ1n) is 8.46. The molecule has 1 aromatic heterocycles. The van der Waals surface area contributed by atoms with E-state index in [1.54, 1.807) is 61.5 Å². The molecule has 0 spiro atoms. The third-order valence-corrected chi connectivity index (χ3v) is 3.90. The summed E-state index contributed by atoms with van der Waals surface area (Å²) in [6, 6.07) is 15.5. The van der Waals surface area contributed by atoms with Gasteiger partial charge in [0.15, 0.2) is 0 Å². The van der Waals surface area contributed by atoms with E-state index in [1.165, 1.54) is 6.92 Å². The molecule has 1 heterocycles. The number of hydrogen-bond acceptors (Lipinski definition) is 5. The van der Waals surface area contributed by atoms with Gasteiger partial charge in [0.2, 0.25) is 11.9 Å². The standard InChI is InChI=1S/C20H18ClN5O2/c1-12-11-18(26-20(22-12)25-17-5-3-14(21)4-6-17)19(28)24-16-9-7-15(8-10-16)23-13(2)27/h3-11H,1-2H3,(H,23,27)(H,24,28)(H,22,25,26). The van der Waals surface area contributed by atoms with Gasteiger partial charge < -0.3 is 16.0 Å². The van der Waals surface area contributed by atoms with Gasteiger partial charge in [-0.15, -0.1) is 0 Å². The van der Waals surface area contributed by atoms with Crippen molar-refractivity contribution in [3.05, 3.63) is 71.0 Å². The SMILES string of the molecule is CC(=O)Nc1ccc(NC(=O)c2cc(C)nc(Nc3ccc(Cl)cc3)n2)cc1. The van der Waals surface area contributed by atoms with Gasteiger partial charge in [-0.05, 0) is 61.5 Å². The summed E-state index contributed by atoms with van der Waals surface area (Å²) in [4.78, 5) is 32.2. The minimum atomic E-state index is -0.364. The summed E-state index contributed by atoms with van der Waals surface area (Å²) in [6.45, 7) is 3.22. The minimum Gasteiger partial charge on any atom is -0.326 e. The average Bonchev–Trinajstić information content (AvgIpc) is 2.64. The van der Waals surface area contributed by atoms with Crippen LogP contribution in [0, 0.1) is 6.92 Å². The van der Waals surface area contributed by atoms with Gasteiger partial charge in [0, 0.05) is 34.7 Å². The molecule has 0 bridgehead atoms. The molecule has 0 unspecified atom stereocenters. The Morgan fingerprint density at radius 2 is 1.43 bits per heavy atom. The number of aryl methyl sites for hydroxylation is 1. The van der Waals surface area contributed by atoms with Gasteiger partial charge in [-0.25, -0.2) is 9.97 Å². The van der Waals surface area contributed by atoms with Crippen molar-refractivity contribution < 1.29 is 9.59 Å². The number of hydrogen-bond donors (Lipinski definition) is 3. The molecule has 2 amide bonds. The Labute approximate surface area is 167 Å². The molecule has 142 valence electrons. The van der Waals surface area contributed by atoms with Crippen molar-refractivity contribution in [2.45, 2.75) is 13.8 Å². The van der Waals surface area contributed by atoms with E-state index in [9.17, 15) is 9.59 Å². The molecule has 3 aromatic rings. The van der Waals surface area contributed by atoms with Crippen molar-refractivity contribution in [2.75, 3.05) is 16.0 Å². The van der Waals surface area contributed by atoms with E-state index in [0.717, 1.165) is 5.69 Å². The van der Waals surface area contributed by atoms with Crippen molar-refractivity contribution in [2.24, 2.45) is 0 Å². The molecule has 0 aliphatic carbocycles. The van der Waals surface area contributed by atoms with Crippen LogP contribution in [-0.4, -0.2) is 21.8 Å². The van der Waals surface area contributed by atoms with Gasteiger partial charge in [-0.2, -0.15) is 0 Å². The normalized spacial score (nSPS) is 10.2. The predicted molar refractivity (Wildman–Crippen MR) is 110 cm³/mol. The van der Waals surface area contributed by atoms with Gasteiger partial charge in [-0.3, -0.25) is 9.59 Å². The molecule has 0 aliphatic heterocycles. The van der Waals surface area contributed by atoms with Crippen LogP contribution in [0.3, 0.4) is 0 Å². The van der Waals surface area contributed by atoms with Crippen LogP contribution in [0.1, 0.15) is 23.1 Å². The number of nitrogens with zero attached hydrogens (tertiary/aromatic N) is 2. The molecule has 0 fully saturated rings. The number of halogens is 1. The van der Waals surface area contributed by atoms with Crippen LogP contribution >= 0.6 is 11.6 Å². The summed E-state index contributed by atoms with van der Waals surface area (Å²) in [7, 11) is 0. The zero-order chi connectivity index (χ0) is 20.1. The molecule has 0 aliphatic rings. The first-order valence-corrected chi connectivity index (χ1v) is 8.84. The molecule has 0 saturated heterocycles. The van der Waals surface area contributed by atoms with Crippen molar-refractivity contribution >= 4 is 46.4 Å². The maximum absolute atomic E-state index is 12.6. The Bertz CT molecular complexity index is 1000. The van der Waals surface area contributed by atoms with Crippen LogP contribution in [0.25, 0.3) is 0 Å². The molecule has 8 heteroatoms. The first kappa shape index (κ1) is 19.3. The highest BCUT2D eigenvalue weighted by atomic mass is 35.5. The first-order chi connectivity index (χ1) is 13.4. The lowest BCUT2D eigenvalue weighted by Gasteiger charge is -2.09. The largest absolute Gasteiger partial charge is 0.326 e. The van der Waals surface area contributed by atoms with Crippen LogP contribution in [0.2, 0.25) is 5.02 Å². The van der Waals surface area contributed by atoms with E-state index in [-0.39, 0.29) is 17.5 Å². The highest BCUT2D eigenvalue weighted by molar-refractivity contribution is 6.30. The molecule has 7 nitrogen and oxygen atoms in total. The second-order valence-electron chi connectivity index (χ2n) is 6.06. The number of anilines is 4. The fourth-order valence-electron chi connectivity index (χ4n) is 2.44. The number of amides is 2. The molecule has 28 heavy (non-hydrogen) atoms. The van der Waals surface area contributed by atoms with Crippen LogP contribution in [-0.2, 0) is 4.79 Å². The molecular formula is C20H18ClN5O2. The zero-order valence-electron chi connectivity index (χ0n) is 15.3. The number of aromatic nitrogens is 2. The topological polar surface area (TPSA) is 96.0 Å². The van der Waals surface area contributed by atoms with Gasteiger partial charge in [0.1, 0.15) is 5.69 Å². The monoisotopic (exact) mass is 395 g/mol. The van der Waals surface area contributed by atoms with E-state index >= 15 is 0 Å². The minimum absolute atomic E-state index is 0.158. The molecule has 0 atom stereocenters. The summed E-state index contributed by atoms with van der Waals surface area (Å²) < 4.78 is 0. The third kappa shape index (κ3) is 5.28. The molecule has 3 rings (SSSR count). The average molecular weight is 396 g/mol. The summed E-state index contributed by atoms with van der Waals surface area (Å²) in [5.74, 6) is -0.209. The lowest BCUT2D eigenvalue weighted by molar-refractivity contribution is -0.114. The third-order valence-electron chi connectivity index (χ3n) is 3.65. The van der Waals surface area contributed by atoms with Crippen LogP contribution in [0.15, 0.2) is 54.6 Å². The second kappa shape index (κ2) is 8.49. The van der Waals surface area contributed by atoms with Gasteiger partial charge in [-0.1, -0.05) is 11.6 Å². The summed E-state index contributed by atoms with van der Waals surface area (Å²) in [6.07, 6.45) is 0. The number of rotatable bonds is 5. The number of benzene rings is 2. The maximum Gasteiger partial charge on any atom is 0.274 e. The summed E-state index contributed by atoms with van der Waals surface area (Å²) in [5, 5.41) is 9.13. The summed E-state index contributed by atoms with van der Waals surface area (Å²) >= 11 is 5.89. The van der Waals surface area contributed by atoms with E-state index < -0.39 is 0 Å². The zero-order valence-corrected chi connectivity index (χ0v) is 16.0. The van der Waals surface area contributed by atoms with Crippen molar-refractivity contribution in [3.8, 4) is 0 Å². The number of carbonyl (C=O) groups excluding carboxylic acids is 2. The molecule has 0 radical (unpaired) electrons. The van der Waals surface area contributed by atoms with E-state index in [1.807, 2.05) is 0 Å². The smallest absolute Gasteiger partial charge is 0.274 e. The highest BCUT2D eigenvalue weighted by Gasteiger charge is 2.11. The van der Waals surface area contributed by atoms with E-state index in [2.05, 4.69) is 25.9 Å². The van der Waals surface area contributed by atoms with Crippen molar-refractivity contribution in [1.82, 2.24) is 9.97 Å². The van der Waals surface area contributed by atoms with Crippen molar-refractivity contribution in [3.63, 3.8) is 0 Å². The lowest BCUT2D eigenvalue weighted by Crippen LogP contribution is -2.15. The highest BCUT2D eigenvalue weighted by Crippen LogP contribution is 2.18. The molecule has 0 saturated carbocycles. The Morgan fingerprint density at radius 1 is 0.857 bits per heavy atom. The number of carbonyl (C=O) groups is 2. The van der Waals surface area contributed by atoms with E-state index in [0.29, 0.717) is 28.0 Å². The Morgan fingerprint density at radius 3 is 2.04 bits per heavy atom. The van der Waals surface area contributed by atoms with Gasteiger partial charge in [0.25, 0.3) is 5.91 Å². The van der Waals surface area contributed by atoms with Gasteiger partial charge in [0.05, 0.1) is 0 Å². The lowest BCUT2D eigenvalue weighted by atomic mass is 10.2. The van der Waals surface area contributed by atoms with Crippen molar-refractivity contribution in [1.29, 1.82) is 0 Å². The fourth-order valence-corrected chi connectivity index (χ4v) is 2.56. The maximum atomic E-state index is 12.6. The molecule has 3 N–H and O–H groups in total. The quantitative estimate of drug-likeness (QED) is 0.595. The molecular weight excluding hydrogens is 378 g/mol. The molecule has 2 aromatic carbocycles. The predicted octanol–water partition coefficient (Wildman–Crippen LogP) is 4.39.